The molecule has 0 aromatic heterocycles. The highest BCUT2D eigenvalue weighted by molar-refractivity contribution is 5.89. The first-order chi connectivity index (χ1) is 12.5. The second-order valence-electron chi connectivity index (χ2n) is 6.04. The van der Waals surface area contributed by atoms with Crippen molar-refractivity contribution in [1.29, 1.82) is 0 Å². The first-order valence-electron chi connectivity index (χ1n) is 8.27. The highest BCUT2D eigenvalue weighted by atomic mass is 16.5. The molecule has 2 aromatic rings. The molecule has 0 spiro atoms. The molecular formula is C19H22N2O5. The number of hydrogen-bond donors (Lipinski definition) is 3. The molecule has 0 radical (unpaired) electrons. The quantitative estimate of drug-likeness (QED) is 0.764. The van der Waals surface area contributed by atoms with Gasteiger partial charge < -0.3 is 30.0 Å². The number of nitrogens with one attached hydrogen (secondary N) is 2. The van der Waals surface area contributed by atoms with Gasteiger partial charge in [0.2, 0.25) is 0 Å². The minimum atomic E-state index is -1.17. The van der Waals surface area contributed by atoms with Gasteiger partial charge in [0.25, 0.3) is 0 Å². The average Bonchev–Trinajstić information content (AvgIpc) is 2.66. The van der Waals surface area contributed by atoms with Gasteiger partial charge in [-0.05, 0) is 6.07 Å². The summed E-state index contributed by atoms with van der Waals surface area (Å²) >= 11 is 0. The fourth-order valence-corrected chi connectivity index (χ4v) is 2.91. The van der Waals surface area contributed by atoms with Crippen LogP contribution in [-0.2, 0) is 5.60 Å². The summed E-state index contributed by atoms with van der Waals surface area (Å²) in [6.07, 6.45) is 0.400. The SMILES string of the molecule is COc1cc(NC(=O)NCC2(O)CCOc3ccccc32)cc(OC)c1. The fraction of sp³-hybridized carbons (Fsp3) is 0.316. The van der Waals surface area contributed by atoms with Gasteiger partial charge in [-0.1, -0.05) is 18.2 Å². The third kappa shape index (κ3) is 3.83. The van der Waals surface area contributed by atoms with Crippen molar-refractivity contribution in [2.75, 3.05) is 32.7 Å². The molecule has 1 heterocycles. The van der Waals surface area contributed by atoms with Gasteiger partial charge in [0.05, 0.1) is 27.4 Å². The molecule has 7 heteroatoms. The van der Waals surface area contributed by atoms with Gasteiger partial charge >= 0.3 is 6.03 Å². The number of carbonyl (C=O) groups is 1. The highest BCUT2D eigenvalue weighted by Crippen LogP contribution is 2.36. The second kappa shape index (κ2) is 7.53. The van der Waals surface area contributed by atoms with E-state index in [2.05, 4.69) is 10.6 Å². The van der Waals surface area contributed by atoms with E-state index in [1.165, 1.54) is 14.2 Å². The zero-order chi connectivity index (χ0) is 18.6. The van der Waals surface area contributed by atoms with Crippen LogP contribution in [0.5, 0.6) is 17.2 Å². The molecule has 1 unspecified atom stereocenters. The molecule has 0 bridgehead atoms. The van der Waals surface area contributed by atoms with Gasteiger partial charge in [0.1, 0.15) is 22.8 Å². The molecule has 26 heavy (non-hydrogen) atoms. The van der Waals surface area contributed by atoms with E-state index in [0.29, 0.717) is 41.5 Å². The van der Waals surface area contributed by atoms with Crippen molar-refractivity contribution in [2.45, 2.75) is 12.0 Å². The van der Waals surface area contributed by atoms with Crippen LogP contribution in [0.4, 0.5) is 10.5 Å². The van der Waals surface area contributed by atoms with E-state index in [0.717, 1.165) is 0 Å². The summed E-state index contributed by atoms with van der Waals surface area (Å²) in [6.45, 7) is 0.463. The van der Waals surface area contributed by atoms with E-state index < -0.39 is 11.6 Å². The Labute approximate surface area is 151 Å². The van der Waals surface area contributed by atoms with Crippen molar-refractivity contribution in [3.8, 4) is 17.2 Å². The standard InChI is InChI=1S/C19H22N2O5/c1-24-14-9-13(10-15(11-14)25-2)21-18(22)20-12-19(23)7-8-26-17-6-4-3-5-16(17)19/h3-6,9-11,23H,7-8,12H2,1-2H3,(H2,20,21,22). The lowest BCUT2D eigenvalue weighted by molar-refractivity contribution is 0.000397. The number of benzene rings is 2. The maximum atomic E-state index is 12.3. The average molecular weight is 358 g/mol. The van der Waals surface area contributed by atoms with Gasteiger partial charge in [0, 0.05) is 35.9 Å². The molecule has 0 fully saturated rings. The Morgan fingerprint density at radius 2 is 1.88 bits per heavy atom. The van der Waals surface area contributed by atoms with Crippen LogP contribution in [0.15, 0.2) is 42.5 Å². The molecule has 1 atom stereocenters. The molecule has 138 valence electrons. The second-order valence-corrected chi connectivity index (χ2v) is 6.04. The Balaban J connectivity index is 1.67. The normalized spacial score (nSPS) is 18.3. The molecule has 0 aliphatic carbocycles. The number of carbonyl (C=O) groups excluding carboxylic acids is 1. The summed E-state index contributed by atoms with van der Waals surface area (Å²) in [6, 6.07) is 11.9. The largest absolute Gasteiger partial charge is 0.497 e. The van der Waals surface area contributed by atoms with Gasteiger partial charge in [-0.15, -0.1) is 0 Å². The molecule has 0 saturated heterocycles. The third-order valence-corrected chi connectivity index (χ3v) is 4.31. The maximum absolute atomic E-state index is 12.3. The topological polar surface area (TPSA) is 89.1 Å². The molecule has 2 aromatic carbocycles. The van der Waals surface area contributed by atoms with Crippen LogP contribution in [0.25, 0.3) is 0 Å². The van der Waals surface area contributed by atoms with Crippen LogP contribution in [0.1, 0.15) is 12.0 Å². The predicted molar refractivity (Wildman–Crippen MR) is 97.0 cm³/mol. The third-order valence-electron chi connectivity index (χ3n) is 4.31. The lowest BCUT2D eigenvalue weighted by Crippen LogP contribution is -2.45. The van der Waals surface area contributed by atoms with Gasteiger partial charge in [-0.2, -0.15) is 0 Å². The maximum Gasteiger partial charge on any atom is 0.319 e. The van der Waals surface area contributed by atoms with E-state index in [9.17, 15) is 9.90 Å². The van der Waals surface area contributed by atoms with E-state index in [4.69, 9.17) is 14.2 Å². The monoisotopic (exact) mass is 358 g/mol. The van der Waals surface area contributed by atoms with E-state index in [1.54, 1.807) is 24.3 Å². The summed E-state index contributed by atoms with van der Waals surface area (Å²) in [5.74, 6) is 1.77. The molecule has 3 N–H and O–H groups in total. The van der Waals surface area contributed by atoms with Crippen molar-refractivity contribution in [3.05, 3.63) is 48.0 Å². The summed E-state index contributed by atoms with van der Waals surface area (Å²) < 4.78 is 15.9. The van der Waals surface area contributed by atoms with Crippen LogP contribution >= 0.6 is 0 Å². The zero-order valence-corrected chi connectivity index (χ0v) is 14.7. The fourth-order valence-electron chi connectivity index (χ4n) is 2.91. The Kier molecular flexibility index (Phi) is 5.18. The minimum Gasteiger partial charge on any atom is -0.497 e. The van der Waals surface area contributed by atoms with Crippen LogP contribution in [0.3, 0.4) is 0 Å². The lowest BCUT2D eigenvalue weighted by atomic mass is 9.88. The van der Waals surface area contributed by atoms with Gasteiger partial charge in [-0.25, -0.2) is 4.79 Å². The van der Waals surface area contributed by atoms with E-state index in [-0.39, 0.29) is 6.54 Å². The molecule has 7 nitrogen and oxygen atoms in total. The summed E-state index contributed by atoms with van der Waals surface area (Å²) in [5, 5.41) is 16.4. The predicted octanol–water partition coefficient (Wildman–Crippen LogP) is 2.50. The molecule has 0 saturated carbocycles. The molecular weight excluding hydrogens is 336 g/mol. The van der Waals surface area contributed by atoms with Crippen molar-refractivity contribution < 1.29 is 24.1 Å². The summed E-state index contributed by atoms with van der Waals surface area (Å²) in [5.41, 5.74) is 0.0331. The Morgan fingerprint density at radius 1 is 1.19 bits per heavy atom. The number of anilines is 1. The van der Waals surface area contributed by atoms with Crippen LogP contribution in [-0.4, -0.2) is 38.5 Å². The Hall–Kier alpha value is -2.93. The first kappa shape index (κ1) is 17.9. The van der Waals surface area contributed by atoms with E-state index >= 15 is 0 Å². The van der Waals surface area contributed by atoms with Crippen molar-refractivity contribution in [1.82, 2.24) is 5.32 Å². The number of aliphatic hydroxyl groups is 1. The summed E-state index contributed by atoms with van der Waals surface area (Å²) in [4.78, 5) is 12.3. The minimum absolute atomic E-state index is 0.0698. The van der Waals surface area contributed by atoms with Crippen LogP contribution in [0.2, 0.25) is 0 Å². The summed E-state index contributed by atoms with van der Waals surface area (Å²) in [7, 11) is 3.08. The number of hydrogen-bond acceptors (Lipinski definition) is 5. The number of ether oxygens (including phenoxy) is 3. The molecule has 1 aliphatic rings. The molecule has 2 amide bonds. The Bertz CT molecular complexity index is 773. The van der Waals surface area contributed by atoms with Crippen molar-refractivity contribution in [2.24, 2.45) is 0 Å². The Morgan fingerprint density at radius 3 is 2.58 bits per heavy atom. The first-order valence-corrected chi connectivity index (χ1v) is 8.27. The van der Waals surface area contributed by atoms with Gasteiger partial charge in [-0.3, -0.25) is 0 Å². The lowest BCUT2D eigenvalue weighted by Gasteiger charge is -2.34. The number of fused-ring (bicyclic) bond motifs is 1. The molecule has 1 aliphatic heterocycles. The smallest absolute Gasteiger partial charge is 0.319 e. The number of rotatable bonds is 5. The molecule has 3 rings (SSSR count). The van der Waals surface area contributed by atoms with E-state index in [1.807, 2.05) is 18.2 Å². The number of methoxy groups -OCH3 is 2. The van der Waals surface area contributed by atoms with Crippen molar-refractivity contribution >= 4 is 11.7 Å². The number of amides is 2. The van der Waals surface area contributed by atoms with Gasteiger partial charge in [0.15, 0.2) is 0 Å². The van der Waals surface area contributed by atoms with Crippen molar-refractivity contribution in [3.63, 3.8) is 0 Å². The van der Waals surface area contributed by atoms with Crippen LogP contribution < -0.4 is 24.8 Å². The highest BCUT2D eigenvalue weighted by Gasteiger charge is 2.35. The number of para-hydroxylation sites is 1. The van der Waals surface area contributed by atoms with Crippen LogP contribution in [0, 0.1) is 0 Å². The number of urea groups is 1. The zero-order valence-electron chi connectivity index (χ0n) is 14.7.